The molecule has 0 saturated heterocycles. The summed E-state index contributed by atoms with van der Waals surface area (Å²) in [4.78, 5) is 0. The van der Waals surface area contributed by atoms with Crippen molar-refractivity contribution in [1.82, 2.24) is 4.72 Å². The summed E-state index contributed by atoms with van der Waals surface area (Å²) in [6.45, 7) is 5.06. The van der Waals surface area contributed by atoms with Gasteiger partial charge in [-0.05, 0) is 54.4 Å². The third-order valence-electron chi connectivity index (χ3n) is 1.90. The molecule has 0 saturated carbocycles. The number of rotatable bonds is 4. The molecule has 0 unspecified atom stereocenters. The Morgan fingerprint density at radius 3 is 2.47 bits per heavy atom. The zero-order valence-corrected chi connectivity index (χ0v) is 12.1. The average molecular weight is 325 g/mol. The molecule has 1 aromatic rings. The Balaban J connectivity index is 3.00. The Hall–Kier alpha value is -0.660. The van der Waals surface area contributed by atoms with Crippen molar-refractivity contribution in [3.63, 3.8) is 0 Å². The molecule has 96 valence electrons. The lowest BCUT2D eigenvalue weighted by molar-refractivity contribution is 0.575. The van der Waals surface area contributed by atoms with Gasteiger partial charge in [-0.1, -0.05) is 0 Å². The van der Waals surface area contributed by atoms with Crippen molar-refractivity contribution in [2.24, 2.45) is 0 Å². The van der Waals surface area contributed by atoms with Gasteiger partial charge in [0.05, 0.1) is 10.2 Å². The van der Waals surface area contributed by atoms with Gasteiger partial charge < -0.3 is 0 Å². The van der Waals surface area contributed by atoms with Gasteiger partial charge in [0.2, 0.25) is 0 Å². The zero-order chi connectivity index (χ0) is 13.2. The van der Waals surface area contributed by atoms with Crippen molar-refractivity contribution >= 4 is 31.8 Å². The molecule has 0 aliphatic carbocycles. The maximum absolute atomic E-state index is 13.2. The lowest BCUT2D eigenvalue weighted by atomic mass is 10.2. The molecule has 0 fully saturated rings. The summed E-state index contributed by atoms with van der Waals surface area (Å²) >= 11 is 3.01. The predicted octanol–water partition coefficient (Wildman–Crippen LogP) is 2.55. The Morgan fingerprint density at radius 2 is 1.94 bits per heavy atom. The molecule has 1 rings (SSSR count). The van der Waals surface area contributed by atoms with Crippen LogP contribution in [0.15, 0.2) is 16.6 Å². The van der Waals surface area contributed by atoms with E-state index in [1.165, 1.54) is 12.1 Å². The second-order valence-electron chi connectivity index (χ2n) is 3.96. The Morgan fingerprint density at radius 1 is 1.35 bits per heavy atom. The molecular formula is C10H14BrFN2O2S. The minimum atomic E-state index is -3.63. The molecule has 0 aliphatic heterocycles. The van der Waals surface area contributed by atoms with Gasteiger partial charge in [0.15, 0.2) is 0 Å². The van der Waals surface area contributed by atoms with Crippen molar-refractivity contribution in [1.29, 1.82) is 0 Å². The third-order valence-corrected chi connectivity index (χ3v) is 3.78. The molecule has 7 heteroatoms. The molecule has 0 aliphatic rings. The number of halogens is 2. The smallest absolute Gasteiger partial charge is 0.271 e. The van der Waals surface area contributed by atoms with Gasteiger partial charge in [0.1, 0.15) is 5.82 Å². The lowest BCUT2D eigenvalue weighted by Gasteiger charge is -2.13. The van der Waals surface area contributed by atoms with Crippen LogP contribution in [0.25, 0.3) is 0 Å². The van der Waals surface area contributed by atoms with Crippen LogP contribution in [0, 0.1) is 12.7 Å². The quantitative estimate of drug-likeness (QED) is 0.894. The van der Waals surface area contributed by atoms with E-state index in [1.807, 2.05) is 0 Å². The predicted molar refractivity (Wildman–Crippen MR) is 69.7 cm³/mol. The zero-order valence-electron chi connectivity index (χ0n) is 9.71. The number of hydrogen-bond donors (Lipinski definition) is 2. The summed E-state index contributed by atoms with van der Waals surface area (Å²) in [6, 6.07) is 2.44. The first kappa shape index (κ1) is 14.4. The molecular weight excluding hydrogens is 311 g/mol. The molecule has 17 heavy (non-hydrogen) atoms. The first-order valence-corrected chi connectivity index (χ1v) is 7.24. The highest BCUT2D eigenvalue weighted by molar-refractivity contribution is 9.10. The summed E-state index contributed by atoms with van der Waals surface area (Å²) in [6.07, 6.45) is 0. The fourth-order valence-electron chi connectivity index (χ4n) is 1.24. The summed E-state index contributed by atoms with van der Waals surface area (Å²) in [7, 11) is -3.63. The summed E-state index contributed by atoms with van der Waals surface area (Å²) < 4.78 is 41.4. The highest BCUT2D eigenvalue weighted by Crippen LogP contribution is 2.24. The van der Waals surface area contributed by atoms with Gasteiger partial charge in [-0.3, -0.25) is 4.72 Å². The normalized spacial score (nSPS) is 11.9. The van der Waals surface area contributed by atoms with Crippen LogP contribution >= 0.6 is 15.9 Å². The van der Waals surface area contributed by atoms with Crippen LogP contribution in [0.1, 0.15) is 19.4 Å². The molecule has 4 nitrogen and oxygen atoms in total. The highest BCUT2D eigenvalue weighted by Gasteiger charge is 2.14. The monoisotopic (exact) mass is 324 g/mol. The van der Waals surface area contributed by atoms with Crippen LogP contribution in [0.5, 0.6) is 0 Å². The standard InChI is InChI=1S/C10H14BrFN2O2S/c1-6(2)13-17(15,16)14-10-5-8(11)9(12)4-7(10)3/h4-6,13-14H,1-3H3. The van der Waals surface area contributed by atoms with Crippen molar-refractivity contribution < 1.29 is 12.8 Å². The van der Waals surface area contributed by atoms with E-state index in [0.29, 0.717) is 11.3 Å². The van der Waals surface area contributed by atoms with Crippen LogP contribution in [0.3, 0.4) is 0 Å². The summed E-state index contributed by atoms with van der Waals surface area (Å²) in [5.41, 5.74) is 0.853. The van der Waals surface area contributed by atoms with E-state index < -0.39 is 16.0 Å². The lowest BCUT2D eigenvalue weighted by Crippen LogP contribution is -2.35. The molecule has 0 bridgehead atoms. The van der Waals surface area contributed by atoms with E-state index >= 15 is 0 Å². The third kappa shape index (κ3) is 4.25. The van der Waals surface area contributed by atoms with E-state index in [0.717, 1.165) is 0 Å². The van der Waals surface area contributed by atoms with E-state index in [4.69, 9.17) is 0 Å². The van der Waals surface area contributed by atoms with Gasteiger partial charge in [0.25, 0.3) is 10.2 Å². The first-order valence-electron chi connectivity index (χ1n) is 4.97. The molecule has 0 radical (unpaired) electrons. The molecule has 0 amide bonds. The average Bonchev–Trinajstić information content (AvgIpc) is 2.11. The SMILES string of the molecule is Cc1cc(F)c(Br)cc1NS(=O)(=O)NC(C)C. The summed E-state index contributed by atoms with van der Waals surface area (Å²) in [5, 5.41) is 0. The molecule has 0 aromatic heterocycles. The van der Waals surface area contributed by atoms with E-state index in [2.05, 4.69) is 25.4 Å². The van der Waals surface area contributed by atoms with Gasteiger partial charge >= 0.3 is 0 Å². The number of benzene rings is 1. The Bertz CT molecular complexity index is 517. The molecule has 1 aromatic carbocycles. The topological polar surface area (TPSA) is 58.2 Å². The van der Waals surface area contributed by atoms with Crippen LogP contribution in [0.2, 0.25) is 0 Å². The second-order valence-corrected chi connectivity index (χ2v) is 6.26. The minimum absolute atomic E-state index is 0.211. The van der Waals surface area contributed by atoms with E-state index in [9.17, 15) is 12.8 Å². The number of hydrogen-bond acceptors (Lipinski definition) is 2. The second kappa shape index (κ2) is 5.32. The minimum Gasteiger partial charge on any atom is -0.271 e. The maximum Gasteiger partial charge on any atom is 0.299 e. The molecule has 2 N–H and O–H groups in total. The van der Waals surface area contributed by atoms with Crippen LogP contribution in [-0.4, -0.2) is 14.5 Å². The van der Waals surface area contributed by atoms with Crippen molar-refractivity contribution in [3.8, 4) is 0 Å². The Kier molecular flexibility index (Phi) is 4.51. The molecule has 0 spiro atoms. The van der Waals surface area contributed by atoms with Crippen LogP contribution in [0.4, 0.5) is 10.1 Å². The largest absolute Gasteiger partial charge is 0.299 e. The van der Waals surface area contributed by atoms with E-state index in [1.54, 1.807) is 20.8 Å². The van der Waals surface area contributed by atoms with Crippen molar-refractivity contribution in [2.75, 3.05) is 4.72 Å². The van der Waals surface area contributed by atoms with Gasteiger partial charge in [0, 0.05) is 6.04 Å². The molecule has 0 heterocycles. The van der Waals surface area contributed by atoms with Crippen LogP contribution < -0.4 is 9.44 Å². The van der Waals surface area contributed by atoms with Gasteiger partial charge in [-0.15, -0.1) is 0 Å². The highest BCUT2D eigenvalue weighted by atomic mass is 79.9. The van der Waals surface area contributed by atoms with Crippen LogP contribution in [-0.2, 0) is 10.2 Å². The number of aryl methyl sites for hydroxylation is 1. The number of anilines is 1. The Labute approximate surface area is 109 Å². The fraction of sp³-hybridized carbons (Fsp3) is 0.400. The number of nitrogens with one attached hydrogen (secondary N) is 2. The fourth-order valence-corrected chi connectivity index (χ4v) is 2.77. The maximum atomic E-state index is 13.2. The van der Waals surface area contributed by atoms with Gasteiger partial charge in [-0.25, -0.2) is 4.39 Å². The summed E-state index contributed by atoms with van der Waals surface area (Å²) in [5.74, 6) is -0.428. The first-order chi connectivity index (χ1) is 7.71. The van der Waals surface area contributed by atoms with Crippen molar-refractivity contribution in [3.05, 3.63) is 28.0 Å². The van der Waals surface area contributed by atoms with Crippen molar-refractivity contribution in [2.45, 2.75) is 26.8 Å². The van der Waals surface area contributed by atoms with E-state index in [-0.39, 0.29) is 10.5 Å². The van der Waals surface area contributed by atoms with Gasteiger partial charge in [-0.2, -0.15) is 13.1 Å². The molecule has 0 atom stereocenters.